The molecule has 1 rings (SSSR count). The molecule has 0 aromatic heterocycles. The van der Waals surface area contributed by atoms with Crippen LogP contribution in [0.5, 0.6) is 0 Å². The molecule has 0 unspecified atom stereocenters. The topological polar surface area (TPSA) is 24.7 Å². The first-order chi connectivity index (χ1) is 4.00. The van der Waals surface area contributed by atoms with Crippen LogP contribution in [0.4, 0.5) is 0 Å². The Morgan fingerprint density at radius 2 is 1.38 bits per heavy atom. The SMILES string of the molecule is C1=NN=CCC1.CC. The molecule has 2 heteroatoms. The molecule has 0 amide bonds. The van der Waals surface area contributed by atoms with Crippen LogP contribution in [0, 0.1) is 0 Å². The lowest BCUT2D eigenvalue weighted by molar-refractivity contribution is 1.09. The largest absolute Gasteiger partial charge is 0.164 e. The summed E-state index contributed by atoms with van der Waals surface area (Å²) in [4.78, 5) is 0. The molecule has 0 bridgehead atoms. The van der Waals surface area contributed by atoms with Gasteiger partial charge in [-0.3, -0.25) is 0 Å². The molecule has 0 N–H and O–H groups in total. The van der Waals surface area contributed by atoms with Gasteiger partial charge < -0.3 is 0 Å². The molecule has 0 radical (unpaired) electrons. The number of rotatable bonds is 0. The van der Waals surface area contributed by atoms with Crippen LogP contribution in [-0.2, 0) is 0 Å². The molecule has 0 aromatic carbocycles. The van der Waals surface area contributed by atoms with Gasteiger partial charge in [0.2, 0.25) is 0 Å². The quantitative estimate of drug-likeness (QED) is 0.457. The first-order valence-electron chi connectivity index (χ1n) is 3.03. The van der Waals surface area contributed by atoms with Crippen molar-refractivity contribution in [3.63, 3.8) is 0 Å². The van der Waals surface area contributed by atoms with Gasteiger partial charge in [-0.2, -0.15) is 10.2 Å². The van der Waals surface area contributed by atoms with Gasteiger partial charge in [-0.15, -0.1) is 0 Å². The molecule has 0 saturated heterocycles. The van der Waals surface area contributed by atoms with Crippen LogP contribution in [0.2, 0.25) is 0 Å². The summed E-state index contributed by atoms with van der Waals surface area (Å²) in [6, 6.07) is 0. The average molecular weight is 112 g/mol. The normalized spacial score (nSPS) is 14.8. The molecule has 8 heavy (non-hydrogen) atoms. The van der Waals surface area contributed by atoms with Gasteiger partial charge >= 0.3 is 0 Å². The van der Waals surface area contributed by atoms with E-state index in [4.69, 9.17) is 0 Å². The van der Waals surface area contributed by atoms with Crippen molar-refractivity contribution in [3.05, 3.63) is 0 Å². The number of hydrogen-bond donors (Lipinski definition) is 0. The van der Waals surface area contributed by atoms with Crippen molar-refractivity contribution in [3.8, 4) is 0 Å². The Kier molecular flexibility index (Phi) is 5.82. The van der Waals surface area contributed by atoms with Crippen molar-refractivity contribution in [2.45, 2.75) is 26.7 Å². The first kappa shape index (κ1) is 7.34. The van der Waals surface area contributed by atoms with Crippen LogP contribution in [0.15, 0.2) is 10.2 Å². The van der Waals surface area contributed by atoms with Crippen molar-refractivity contribution in [1.29, 1.82) is 0 Å². The van der Waals surface area contributed by atoms with Gasteiger partial charge in [0.15, 0.2) is 0 Å². The number of hydrogen-bond acceptors (Lipinski definition) is 2. The molecule has 1 aliphatic rings. The van der Waals surface area contributed by atoms with E-state index in [0.717, 1.165) is 12.8 Å². The molecule has 1 aliphatic heterocycles. The predicted octanol–water partition coefficient (Wildman–Crippen LogP) is 1.86. The second kappa shape index (κ2) is 6.34. The molecule has 0 saturated carbocycles. The van der Waals surface area contributed by atoms with Crippen LogP contribution in [0.25, 0.3) is 0 Å². The summed E-state index contributed by atoms with van der Waals surface area (Å²) < 4.78 is 0. The summed E-state index contributed by atoms with van der Waals surface area (Å²) in [7, 11) is 0. The maximum absolute atomic E-state index is 3.62. The molecular weight excluding hydrogens is 100 g/mol. The fraction of sp³-hybridized carbons (Fsp3) is 0.667. The molecule has 1 heterocycles. The highest BCUT2D eigenvalue weighted by Gasteiger charge is 1.80. The summed E-state index contributed by atoms with van der Waals surface area (Å²) in [5.41, 5.74) is 0. The molecule has 2 nitrogen and oxygen atoms in total. The minimum atomic E-state index is 1.06. The fourth-order valence-electron chi connectivity index (χ4n) is 0.359. The molecule has 46 valence electrons. The maximum Gasteiger partial charge on any atom is 0.0273 e. The van der Waals surface area contributed by atoms with Crippen molar-refractivity contribution in [1.82, 2.24) is 0 Å². The van der Waals surface area contributed by atoms with Gasteiger partial charge in [0.05, 0.1) is 0 Å². The summed E-state index contributed by atoms with van der Waals surface area (Å²) in [6.07, 6.45) is 5.76. The summed E-state index contributed by atoms with van der Waals surface area (Å²) in [5.74, 6) is 0. The van der Waals surface area contributed by atoms with Crippen molar-refractivity contribution in [2.75, 3.05) is 0 Å². The third-order valence-corrected chi connectivity index (χ3v) is 0.655. The highest BCUT2D eigenvalue weighted by molar-refractivity contribution is 5.69. The van der Waals surface area contributed by atoms with E-state index in [-0.39, 0.29) is 0 Å². The second-order valence-corrected chi connectivity index (χ2v) is 1.17. The van der Waals surface area contributed by atoms with Crippen LogP contribution >= 0.6 is 0 Å². The molecule has 0 aliphatic carbocycles. The lowest BCUT2D eigenvalue weighted by Crippen LogP contribution is -1.82. The van der Waals surface area contributed by atoms with E-state index in [1.807, 2.05) is 26.3 Å². The first-order valence-corrected chi connectivity index (χ1v) is 3.03. The van der Waals surface area contributed by atoms with Crippen molar-refractivity contribution >= 4 is 12.4 Å². The summed E-state index contributed by atoms with van der Waals surface area (Å²) in [6.45, 7) is 4.00. The van der Waals surface area contributed by atoms with E-state index < -0.39 is 0 Å². The molecule has 0 aromatic rings. The molecule has 0 fully saturated rings. The monoisotopic (exact) mass is 112 g/mol. The third-order valence-electron chi connectivity index (χ3n) is 0.655. The van der Waals surface area contributed by atoms with E-state index in [9.17, 15) is 0 Å². The minimum Gasteiger partial charge on any atom is -0.164 e. The lowest BCUT2D eigenvalue weighted by atomic mass is 10.3. The van der Waals surface area contributed by atoms with Crippen LogP contribution < -0.4 is 0 Å². The van der Waals surface area contributed by atoms with Gasteiger partial charge in [-0.1, -0.05) is 13.8 Å². The Morgan fingerprint density at radius 1 is 1.00 bits per heavy atom. The Morgan fingerprint density at radius 3 is 1.50 bits per heavy atom. The molecule has 0 atom stereocenters. The minimum absolute atomic E-state index is 1.06. The number of nitrogens with zero attached hydrogens (tertiary/aromatic N) is 2. The van der Waals surface area contributed by atoms with E-state index in [1.54, 1.807) is 0 Å². The summed E-state index contributed by atoms with van der Waals surface area (Å²) >= 11 is 0. The Bertz CT molecular complexity index is 72.5. The summed E-state index contributed by atoms with van der Waals surface area (Å²) in [5, 5.41) is 7.24. The zero-order valence-electron chi connectivity index (χ0n) is 5.46. The van der Waals surface area contributed by atoms with Gasteiger partial charge in [-0.05, 0) is 12.8 Å². The third kappa shape index (κ3) is 3.53. The zero-order valence-corrected chi connectivity index (χ0v) is 5.46. The van der Waals surface area contributed by atoms with Gasteiger partial charge in [0, 0.05) is 12.4 Å². The van der Waals surface area contributed by atoms with Gasteiger partial charge in [0.25, 0.3) is 0 Å². The Hall–Kier alpha value is -0.660. The highest BCUT2D eigenvalue weighted by Crippen LogP contribution is 1.86. The van der Waals surface area contributed by atoms with E-state index in [0.29, 0.717) is 0 Å². The van der Waals surface area contributed by atoms with Crippen LogP contribution in [0.3, 0.4) is 0 Å². The predicted molar refractivity (Wildman–Crippen MR) is 37.6 cm³/mol. The second-order valence-electron chi connectivity index (χ2n) is 1.17. The highest BCUT2D eigenvalue weighted by atomic mass is 15.2. The molecular formula is C6H12N2. The van der Waals surface area contributed by atoms with Gasteiger partial charge in [0.1, 0.15) is 0 Å². The zero-order chi connectivity index (χ0) is 6.24. The smallest absolute Gasteiger partial charge is 0.0273 e. The maximum atomic E-state index is 3.62. The Balaban J connectivity index is 0.000000222. The van der Waals surface area contributed by atoms with E-state index >= 15 is 0 Å². The standard InChI is InChI=1S/C4H6N2.C2H6/c1-2-4-6-5-3-1;1-2/h3-4H,1-2H2;1-2H3. The van der Waals surface area contributed by atoms with E-state index in [1.165, 1.54) is 0 Å². The van der Waals surface area contributed by atoms with Gasteiger partial charge in [-0.25, -0.2) is 0 Å². The van der Waals surface area contributed by atoms with E-state index in [2.05, 4.69) is 10.2 Å². The fourth-order valence-corrected chi connectivity index (χ4v) is 0.359. The Labute approximate surface area is 50.3 Å². The van der Waals surface area contributed by atoms with Crippen molar-refractivity contribution < 1.29 is 0 Å². The molecule has 0 spiro atoms. The average Bonchev–Trinajstić information content (AvgIpc) is 1.96. The van der Waals surface area contributed by atoms with Crippen LogP contribution in [0.1, 0.15) is 26.7 Å². The van der Waals surface area contributed by atoms with Crippen LogP contribution in [-0.4, -0.2) is 12.4 Å². The lowest BCUT2D eigenvalue weighted by Gasteiger charge is -1.86. The van der Waals surface area contributed by atoms with Crippen molar-refractivity contribution in [2.24, 2.45) is 10.2 Å².